The zero-order valence-corrected chi connectivity index (χ0v) is 12.8. The van der Waals surface area contributed by atoms with Gasteiger partial charge in [0.15, 0.2) is 0 Å². The molecule has 6 heteroatoms. The van der Waals surface area contributed by atoms with Crippen LogP contribution in [0.2, 0.25) is 0 Å². The van der Waals surface area contributed by atoms with Crippen molar-refractivity contribution in [1.82, 2.24) is 4.31 Å². The molecule has 0 saturated carbocycles. The Bertz CT molecular complexity index is 599. The predicted molar refractivity (Wildman–Crippen MR) is 78.9 cm³/mol. The Morgan fingerprint density at radius 1 is 1.35 bits per heavy atom. The number of anilines is 1. The van der Waals surface area contributed by atoms with E-state index in [4.69, 9.17) is 5.73 Å². The van der Waals surface area contributed by atoms with Gasteiger partial charge in [-0.05, 0) is 49.9 Å². The Hall–Kier alpha value is -1.11. The third kappa shape index (κ3) is 2.68. The summed E-state index contributed by atoms with van der Waals surface area (Å²) in [7, 11) is -3.61. The van der Waals surface area contributed by atoms with Gasteiger partial charge >= 0.3 is 0 Å². The van der Waals surface area contributed by atoms with Crippen molar-refractivity contribution in [3.63, 3.8) is 0 Å². The van der Waals surface area contributed by atoms with Crippen molar-refractivity contribution in [3.8, 4) is 0 Å². The minimum absolute atomic E-state index is 0.139. The van der Waals surface area contributed by atoms with Crippen molar-refractivity contribution in [1.29, 1.82) is 0 Å². The summed E-state index contributed by atoms with van der Waals surface area (Å²) in [5, 5.41) is 9.42. The van der Waals surface area contributed by atoms with Crippen LogP contribution in [0.4, 0.5) is 5.69 Å². The van der Waals surface area contributed by atoms with Gasteiger partial charge in [-0.25, -0.2) is 8.42 Å². The lowest BCUT2D eigenvalue weighted by molar-refractivity contribution is 0.155. The van der Waals surface area contributed by atoms with Gasteiger partial charge in [0.1, 0.15) is 0 Å². The number of nitrogen functional groups attached to an aromatic ring is 1. The summed E-state index contributed by atoms with van der Waals surface area (Å²) >= 11 is 0. The molecule has 0 aliphatic carbocycles. The van der Waals surface area contributed by atoms with Gasteiger partial charge in [0.05, 0.1) is 11.5 Å². The maximum Gasteiger partial charge on any atom is 0.243 e. The van der Waals surface area contributed by atoms with Crippen LogP contribution < -0.4 is 5.73 Å². The molecular weight excluding hydrogens is 276 g/mol. The Labute approximate surface area is 120 Å². The Balaban J connectivity index is 2.49. The normalized spacial score (nSPS) is 21.1. The fourth-order valence-electron chi connectivity index (χ4n) is 2.72. The zero-order chi connectivity index (χ0) is 14.9. The Morgan fingerprint density at radius 2 is 2.05 bits per heavy atom. The zero-order valence-electron chi connectivity index (χ0n) is 12.0. The van der Waals surface area contributed by atoms with Gasteiger partial charge in [0.2, 0.25) is 10.0 Å². The van der Waals surface area contributed by atoms with E-state index in [-0.39, 0.29) is 17.5 Å². The maximum absolute atomic E-state index is 12.8. The molecule has 3 N–H and O–H groups in total. The Morgan fingerprint density at radius 3 is 2.70 bits per heavy atom. The standard InChI is InChI=1S/C14H22N2O3S/c1-10-7-13(15)11(2)14(8-10)20(18,19)16-6-4-3-5-12(16)9-17/h7-8,12,17H,3-6,9,15H2,1-2H3. The molecule has 1 aromatic carbocycles. The molecule has 1 fully saturated rings. The molecular formula is C14H22N2O3S. The molecule has 0 bridgehead atoms. The first kappa shape index (κ1) is 15.3. The highest BCUT2D eigenvalue weighted by atomic mass is 32.2. The minimum atomic E-state index is -3.61. The molecule has 1 aliphatic heterocycles. The number of aliphatic hydroxyl groups excluding tert-OH is 1. The second-order valence-electron chi connectivity index (χ2n) is 5.43. The lowest BCUT2D eigenvalue weighted by atomic mass is 10.1. The molecule has 1 unspecified atom stereocenters. The van der Waals surface area contributed by atoms with Crippen LogP contribution in [-0.4, -0.2) is 37.0 Å². The van der Waals surface area contributed by atoms with Crippen molar-refractivity contribution < 1.29 is 13.5 Å². The second-order valence-corrected chi connectivity index (χ2v) is 7.28. The smallest absolute Gasteiger partial charge is 0.243 e. The molecule has 5 nitrogen and oxygen atoms in total. The van der Waals surface area contributed by atoms with Gasteiger partial charge in [0, 0.05) is 18.3 Å². The lowest BCUT2D eigenvalue weighted by Crippen LogP contribution is -2.45. The highest BCUT2D eigenvalue weighted by Gasteiger charge is 2.34. The number of sulfonamides is 1. The van der Waals surface area contributed by atoms with Crippen LogP contribution in [0.3, 0.4) is 0 Å². The monoisotopic (exact) mass is 298 g/mol. The van der Waals surface area contributed by atoms with Crippen LogP contribution in [0.1, 0.15) is 30.4 Å². The number of nitrogens with zero attached hydrogens (tertiary/aromatic N) is 1. The highest BCUT2D eigenvalue weighted by molar-refractivity contribution is 7.89. The first-order valence-corrected chi connectivity index (χ1v) is 8.31. The topological polar surface area (TPSA) is 83.6 Å². The first-order chi connectivity index (χ1) is 9.37. The second kappa shape index (κ2) is 5.71. The van der Waals surface area contributed by atoms with Crippen LogP contribution in [-0.2, 0) is 10.0 Å². The van der Waals surface area contributed by atoms with E-state index in [0.29, 0.717) is 24.2 Å². The van der Waals surface area contributed by atoms with Gasteiger partial charge in [-0.2, -0.15) is 4.31 Å². The summed E-state index contributed by atoms with van der Waals surface area (Å²) in [6, 6.07) is 3.10. The van der Waals surface area contributed by atoms with E-state index >= 15 is 0 Å². The van der Waals surface area contributed by atoms with Gasteiger partial charge in [0.25, 0.3) is 0 Å². The van der Waals surface area contributed by atoms with E-state index in [9.17, 15) is 13.5 Å². The summed E-state index contributed by atoms with van der Waals surface area (Å²) in [4.78, 5) is 0.260. The molecule has 2 rings (SSSR count). The SMILES string of the molecule is Cc1cc(N)c(C)c(S(=O)(=O)N2CCCCC2CO)c1. The van der Waals surface area contributed by atoms with Crippen molar-refractivity contribution in [2.45, 2.75) is 44.0 Å². The molecule has 0 radical (unpaired) electrons. The Kier molecular flexibility index (Phi) is 4.36. The maximum atomic E-state index is 12.8. The number of nitrogens with two attached hydrogens (primary N) is 1. The van der Waals surface area contributed by atoms with Crippen molar-refractivity contribution in [2.24, 2.45) is 0 Å². The molecule has 1 aliphatic rings. The summed E-state index contributed by atoms with van der Waals surface area (Å²) < 4.78 is 27.1. The number of hydrogen-bond acceptors (Lipinski definition) is 4. The highest BCUT2D eigenvalue weighted by Crippen LogP contribution is 2.30. The molecule has 112 valence electrons. The molecule has 1 aromatic rings. The predicted octanol–water partition coefficient (Wildman–Crippen LogP) is 1.42. The lowest BCUT2D eigenvalue weighted by Gasteiger charge is -2.34. The number of hydrogen-bond donors (Lipinski definition) is 2. The van der Waals surface area contributed by atoms with Crippen LogP contribution in [0.15, 0.2) is 17.0 Å². The van der Waals surface area contributed by atoms with Gasteiger partial charge in [-0.1, -0.05) is 6.42 Å². The third-order valence-corrected chi connectivity index (χ3v) is 5.99. The third-order valence-electron chi connectivity index (χ3n) is 3.92. The molecule has 1 saturated heterocycles. The number of aryl methyl sites for hydroxylation is 1. The van der Waals surface area contributed by atoms with E-state index in [0.717, 1.165) is 18.4 Å². The average Bonchev–Trinajstić information content (AvgIpc) is 2.42. The largest absolute Gasteiger partial charge is 0.398 e. The quantitative estimate of drug-likeness (QED) is 0.827. The molecule has 20 heavy (non-hydrogen) atoms. The van der Waals surface area contributed by atoms with Crippen LogP contribution in [0, 0.1) is 13.8 Å². The van der Waals surface area contributed by atoms with Crippen LogP contribution >= 0.6 is 0 Å². The van der Waals surface area contributed by atoms with Gasteiger partial charge < -0.3 is 10.8 Å². The summed E-state index contributed by atoms with van der Waals surface area (Å²) in [5.74, 6) is 0. The molecule has 1 atom stereocenters. The van der Waals surface area contributed by atoms with Crippen molar-refractivity contribution in [3.05, 3.63) is 23.3 Å². The summed E-state index contributed by atoms with van der Waals surface area (Å²) in [6.45, 7) is 3.87. The summed E-state index contributed by atoms with van der Waals surface area (Å²) in [6.07, 6.45) is 2.48. The van der Waals surface area contributed by atoms with E-state index in [1.807, 2.05) is 6.92 Å². The van der Waals surface area contributed by atoms with Crippen LogP contribution in [0.25, 0.3) is 0 Å². The van der Waals surface area contributed by atoms with Gasteiger partial charge in [-0.15, -0.1) is 0 Å². The van der Waals surface area contributed by atoms with E-state index in [1.54, 1.807) is 19.1 Å². The van der Waals surface area contributed by atoms with E-state index in [2.05, 4.69) is 0 Å². The molecule has 0 aromatic heterocycles. The fourth-order valence-corrected chi connectivity index (χ4v) is 4.75. The number of aliphatic hydroxyl groups is 1. The fraction of sp³-hybridized carbons (Fsp3) is 0.571. The average molecular weight is 298 g/mol. The van der Waals surface area contributed by atoms with Crippen molar-refractivity contribution in [2.75, 3.05) is 18.9 Å². The number of piperidine rings is 1. The van der Waals surface area contributed by atoms with Crippen LogP contribution in [0.5, 0.6) is 0 Å². The van der Waals surface area contributed by atoms with E-state index < -0.39 is 10.0 Å². The van der Waals surface area contributed by atoms with Gasteiger partial charge in [-0.3, -0.25) is 0 Å². The first-order valence-electron chi connectivity index (χ1n) is 6.87. The molecule has 1 heterocycles. The molecule has 0 spiro atoms. The van der Waals surface area contributed by atoms with E-state index in [1.165, 1.54) is 4.31 Å². The number of rotatable bonds is 3. The minimum Gasteiger partial charge on any atom is -0.398 e. The molecule has 0 amide bonds. The van der Waals surface area contributed by atoms with Crippen molar-refractivity contribution >= 4 is 15.7 Å². The number of benzene rings is 1. The summed E-state index contributed by atoms with van der Waals surface area (Å²) in [5.41, 5.74) is 7.77.